The third-order valence-corrected chi connectivity index (χ3v) is 5.51. The molecule has 0 aliphatic rings. The Morgan fingerprint density at radius 1 is 1.04 bits per heavy atom. The Morgan fingerprint density at radius 2 is 1.64 bits per heavy atom. The van der Waals surface area contributed by atoms with Gasteiger partial charge in [-0.3, -0.25) is 9.10 Å². The molecule has 2 rings (SSSR count). The molecule has 0 aromatic heterocycles. The van der Waals surface area contributed by atoms with E-state index in [1.165, 1.54) is 24.1 Å². The highest BCUT2D eigenvalue weighted by atomic mass is 32.2. The molecule has 0 spiro atoms. The van der Waals surface area contributed by atoms with Crippen LogP contribution in [0.2, 0.25) is 0 Å². The van der Waals surface area contributed by atoms with Crippen LogP contribution in [0, 0.1) is 6.92 Å². The minimum atomic E-state index is -3.93. The number of carbonyl (C=O) groups is 1. The number of amides is 1. The lowest BCUT2D eigenvalue weighted by Gasteiger charge is -2.26. The first-order chi connectivity index (χ1) is 11.8. The number of para-hydroxylation sites is 2. The van der Waals surface area contributed by atoms with Crippen molar-refractivity contribution in [1.82, 2.24) is 4.90 Å². The fraction of sp³-hybridized carbons (Fsp3) is 0.278. The number of rotatable bonds is 6. The van der Waals surface area contributed by atoms with E-state index in [1.807, 2.05) is 6.92 Å². The monoisotopic (exact) mass is 362 g/mol. The quantitative estimate of drug-likeness (QED) is 0.791. The van der Waals surface area contributed by atoms with E-state index in [4.69, 9.17) is 4.74 Å². The Kier molecular flexibility index (Phi) is 5.69. The van der Waals surface area contributed by atoms with E-state index in [-0.39, 0.29) is 17.3 Å². The minimum absolute atomic E-state index is 0.121. The van der Waals surface area contributed by atoms with E-state index < -0.39 is 10.0 Å². The van der Waals surface area contributed by atoms with Crippen molar-refractivity contribution in [3.8, 4) is 5.75 Å². The molecule has 134 valence electrons. The average molecular weight is 362 g/mol. The van der Waals surface area contributed by atoms with Gasteiger partial charge in [-0.2, -0.15) is 0 Å². The minimum Gasteiger partial charge on any atom is -0.495 e. The second-order valence-electron chi connectivity index (χ2n) is 5.78. The van der Waals surface area contributed by atoms with Crippen molar-refractivity contribution in [1.29, 1.82) is 0 Å². The number of nitrogens with zero attached hydrogens (tertiary/aromatic N) is 2. The normalized spacial score (nSPS) is 11.0. The zero-order chi connectivity index (χ0) is 18.6. The van der Waals surface area contributed by atoms with Crippen LogP contribution in [0.5, 0.6) is 5.75 Å². The number of methoxy groups -OCH3 is 1. The zero-order valence-corrected chi connectivity index (χ0v) is 15.6. The van der Waals surface area contributed by atoms with Crippen molar-refractivity contribution in [3.63, 3.8) is 0 Å². The fourth-order valence-electron chi connectivity index (χ4n) is 2.24. The Hall–Kier alpha value is -2.54. The van der Waals surface area contributed by atoms with Crippen LogP contribution in [-0.2, 0) is 14.8 Å². The summed E-state index contributed by atoms with van der Waals surface area (Å²) in [7, 11) is 0.704. The summed E-state index contributed by atoms with van der Waals surface area (Å²) in [6.07, 6.45) is 0. The summed E-state index contributed by atoms with van der Waals surface area (Å²) in [6.45, 7) is 1.56. The molecule has 25 heavy (non-hydrogen) atoms. The number of hydrogen-bond donors (Lipinski definition) is 0. The molecular weight excluding hydrogens is 340 g/mol. The van der Waals surface area contributed by atoms with Crippen LogP contribution in [0.25, 0.3) is 0 Å². The van der Waals surface area contributed by atoms with Crippen LogP contribution in [-0.4, -0.2) is 47.0 Å². The van der Waals surface area contributed by atoms with Gasteiger partial charge in [0.25, 0.3) is 10.0 Å². The standard InChI is InChI=1S/C18H22N2O4S/c1-14-9-11-15(12-10-14)25(22,23)20(13-18(21)19(2)3)16-7-5-6-8-17(16)24-4/h5-12H,13H2,1-4H3. The van der Waals surface area contributed by atoms with E-state index in [9.17, 15) is 13.2 Å². The van der Waals surface area contributed by atoms with Crippen LogP contribution in [0.15, 0.2) is 53.4 Å². The summed E-state index contributed by atoms with van der Waals surface area (Å²) < 4.78 is 32.7. The average Bonchev–Trinajstić information content (AvgIpc) is 2.59. The van der Waals surface area contributed by atoms with Gasteiger partial charge < -0.3 is 9.64 Å². The van der Waals surface area contributed by atoms with Gasteiger partial charge in [-0.25, -0.2) is 8.42 Å². The highest BCUT2D eigenvalue weighted by Gasteiger charge is 2.29. The number of likely N-dealkylation sites (N-methyl/N-ethyl adjacent to an activating group) is 1. The van der Waals surface area contributed by atoms with Crippen molar-refractivity contribution in [3.05, 3.63) is 54.1 Å². The lowest BCUT2D eigenvalue weighted by molar-refractivity contribution is -0.127. The molecule has 0 heterocycles. The van der Waals surface area contributed by atoms with Gasteiger partial charge in [-0.05, 0) is 31.2 Å². The van der Waals surface area contributed by atoms with Gasteiger partial charge in [-0.15, -0.1) is 0 Å². The van der Waals surface area contributed by atoms with Crippen LogP contribution in [0.3, 0.4) is 0 Å². The smallest absolute Gasteiger partial charge is 0.264 e. The number of sulfonamides is 1. The van der Waals surface area contributed by atoms with E-state index in [1.54, 1.807) is 50.5 Å². The molecule has 2 aromatic carbocycles. The van der Waals surface area contributed by atoms with E-state index in [0.717, 1.165) is 9.87 Å². The number of carbonyl (C=O) groups excluding carboxylic acids is 1. The molecule has 0 N–H and O–H groups in total. The summed E-state index contributed by atoms with van der Waals surface area (Å²) >= 11 is 0. The molecule has 6 nitrogen and oxygen atoms in total. The van der Waals surface area contributed by atoms with Gasteiger partial charge in [0.1, 0.15) is 12.3 Å². The fourth-order valence-corrected chi connectivity index (χ4v) is 3.66. The Morgan fingerprint density at radius 3 is 2.20 bits per heavy atom. The predicted octanol–water partition coefficient (Wildman–Crippen LogP) is 2.29. The highest BCUT2D eigenvalue weighted by molar-refractivity contribution is 7.92. The van der Waals surface area contributed by atoms with Crippen LogP contribution in [0.1, 0.15) is 5.56 Å². The summed E-state index contributed by atoms with van der Waals surface area (Å²) in [5.74, 6) is 0.0475. The number of ether oxygens (including phenoxy) is 1. The number of hydrogen-bond acceptors (Lipinski definition) is 4. The molecule has 7 heteroatoms. The first kappa shape index (κ1) is 18.8. The molecule has 0 aliphatic heterocycles. The largest absolute Gasteiger partial charge is 0.495 e. The molecule has 0 aliphatic carbocycles. The van der Waals surface area contributed by atoms with Gasteiger partial charge in [-0.1, -0.05) is 29.8 Å². The maximum absolute atomic E-state index is 13.2. The van der Waals surface area contributed by atoms with Crippen molar-refractivity contribution < 1.29 is 17.9 Å². The predicted molar refractivity (Wildman–Crippen MR) is 97.4 cm³/mol. The van der Waals surface area contributed by atoms with Crippen molar-refractivity contribution in [2.75, 3.05) is 32.1 Å². The Labute approximate surface area is 148 Å². The van der Waals surface area contributed by atoms with Gasteiger partial charge in [0.2, 0.25) is 5.91 Å². The lowest BCUT2D eigenvalue weighted by atomic mass is 10.2. The molecule has 1 amide bonds. The van der Waals surface area contributed by atoms with Gasteiger partial charge in [0.15, 0.2) is 0 Å². The van der Waals surface area contributed by atoms with Gasteiger partial charge >= 0.3 is 0 Å². The molecule has 0 unspecified atom stereocenters. The third-order valence-electron chi connectivity index (χ3n) is 3.74. The molecule has 2 aromatic rings. The van der Waals surface area contributed by atoms with E-state index in [2.05, 4.69) is 0 Å². The second-order valence-corrected chi connectivity index (χ2v) is 7.65. The summed E-state index contributed by atoms with van der Waals surface area (Å²) in [6, 6.07) is 13.2. The van der Waals surface area contributed by atoms with E-state index in [0.29, 0.717) is 11.4 Å². The second kappa shape index (κ2) is 7.57. The molecule has 0 bridgehead atoms. The molecular formula is C18H22N2O4S. The van der Waals surface area contributed by atoms with Crippen LogP contribution >= 0.6 is 0 Å². The molecule has 0 radical (unpaired) electrons. The zero-order valence-electron chi connectivity index (χ0n) is 14.8. The first-order valence-electron chi connectivity index (χ1n) is 7.70. The molecule has 0 saturated carbocycles. The van der Waals surface area contributed by atoms with E-state index >= 15 is 0 Å². The Balaban J connectivity index is 2.58. The number of aryl methyl sites for hydroxylation is 1. The lowest BCUT2D eigenvalue weighted by Crippen LogP contribution is -2.40. The van der Waals surface area contributed by atoms with Crippen molar-refractivity contribution in [2.45, 2.75) is 11.8 Å². The first-order valence-corrected chi connectivity index (χ1v) is 9.14. The van der Waals surface area contributed by atoms with Gasteiger partial charge in [0, 0.05) is 14.1 Å². The number of anilines is 1. The summed E-state index contributed by atoms with van der Waals surface area (Å²) in [4.78, 5) is 13.7. The topological polar surface area (TPSA) is 66.9 Å². The summed E-state index contributed by atoms with van der Waals surface area (Å²) in [5.41, 5.74) is 1.27. The van der Waals surface area contributed by atoms with Crippen LogP contribution < -0.4 is 9.04 Å². The maximum atomic E-state index is 13.2. The third kappa shape index (κ3) is 4.11. The number of benzene rings is 2. The van der Waals surface area contributed by atoms with Crippen molar-refractivity contribution >= 4 is 21.6 Å². The maximum Gasteiger partial charge on any atom is 0.264 e. The molecule has 0 fully saturated rings. The van der Waals surface area contributed by atoms with Crippen LogP contribution in [0.4, 0.5) is 5.69 Å². The molecule has 0 atom stereocenters. The summed E-state index contributed by atoms with van der Waals surface area (Å²) in [5, 5.41) is 0. The SMILES string of the molecule is COc1ccccc1N(CC(=O)N(C)C)S(=O)(=O)c1ccc(C)cc1. The van der Waals surface area contributed by atoms with Crippen molar-refractivity contribution in [2.24, 2.45) is 0 Å². The Bertz CT molecular complexity index is 846. The van der Waals surface area contributed by atoms with Gasteiger partial charge in [0.05, 0.1) is 17.7 Å². The molecule has 0 saturated heterocycles. The highest BCUT2D eigenvalue weighted by Crippen LogP contribution is 2.32.